The molecular formula is C19H34N4O2S. The maximum atomic E-state index is 11.7. The van der Waals surface area contributed by atoms with Crippen molar-refractivity contribution in [3.05, 3.63) is 35.4 Å². The molecule has 0 bridgehead atoms. The van der Waals surface area contributed by atoms with Gasteiger partial charge in [0.05, 0.1) is 5.75 Å². The van der Waals surface area contributed by atoms with Gasteiger partial charge in [0.2, 0.25) is 10.0 Å². The second-order valence-corrected chi connectivity index (χ2v) is 9.01. The minimum absolute atomic E-state index is 0.0167. The Morgan fingerprint density at radius 1 is 1.15 bits per heavy atom. The van der Waals surface area contributed by atoms with Gasteiger partial charge in [-0.2, -0.15) is 0 Å². The van der Waals surface area contributed by atoms with E-state index in [9.17, 15) is 8.42 Å². The molecule has 0 aliphatic carbocycles. The van der Waals surface area contributed by atoms with E-state index in [0.717, 1.165) is 29.4 Å². The Kier molecular flexibility index (Phi) is 9.65. The summed E-state index contributed by atoms with van der Waals surface area (Å²) in [5, 5.41) is 6.70. The lowest BCUT2D eigenvalue weighted by molar-refractivity contribution is 0.491. The number of sulfonamides is 1. The van der Waals surface area contributed by atoms with Crippen LogP contribution in [0.1, 0.15) is 51.2 Å². The summed E-state index contributed by atoms with van der Waals surface area (Å²) in [7, 11) is -0.0774. The highest BCUT2D eigenvalue weighted by Crippen LogP contribution is 2.09. The predicted octanol–water partition coefficient (Wildman–Crippen LogP) is 2.62. The van der Waals surface area contributed by atoms with Gasteiger partial charge in [0, 0.05) is 19.6 Å². The minimum Gasteiger partial charge on any atom is -0.354 e. The van der Waals surface area contributed by atoms with Crippen molar-refractivity contribution in [2.45, 2.75) is 58.4 Å². The number of hydrogen-bond donors (Lipinski definition) is 3. The van der Waals surface area contributed by atoms with E-state index in [1.165, 1.54) is 19.9 Å². The van der Waals surface area contributed by atoms with Crippen LogP contribution in [-0.2, 0) is 22.3 Å². The molecule has 0 aromatic heterocycles. The molecule has 26 heavy (non-hydrogen) atoms. The fourth-order valence-corrected chi connectivity index (χ4v) is 3.40. The Hall–Kier alpha value is -1.60. The average Bonchev–Trinajstić information content (AvgIpc) is 2.58. The molecule has 1 aromatic carbocycles. The zero-order chi connectivity index (χ0) is 19.6. The summed E-state index contributed by atoms with van der Waals surface area (Å²) in [5.41, 5.74) is 1.79. The number of benzene rings is 1. The van der Waals surface area contributed by atoms with Crippen LogP contribution in [0.15, 0.2) is 29.3 Å². The lowest BCUT2D eigenvalue weighted by Crippen LogP contribution is -2.41. The second-order valence-electron chi connectivity index (χ2n) is 7.08. The molecule has 0 fully saturated rings. The van der Waals surface area contributed by atoms with Crippen LogP contribution in [0.25, 0.3) is 0 Å². The first-order valence-corrected chi connectivity index (χ1v) is 10.9. The topological polar surface area (TPSA) is 82.6 Å². The average molecular weight is 383 g/mol. The van der Waals surface area contributed by atoms with Crippen LogP contribution >= 0.6 is 0 Å². The van der Waals surface area contributed by atoms with Gasteiger partial charge < -0.3 is 10.6 Å². The van der Waals surface area contributed by atoms with Crippen molar-refractivity contribution < 1.29 is 8.42 Å². The molecule has 0 saturated heterocycles. The van der Waals surface area contributed by atoms with Crippen molar-refractivity contribution in [3.8, 4) is 0 Å². The third-order valence-electron chi connectivity index (χ3n) is 4.14. The molecule has 3 N–H and O–H groups in total. The van der Waals surface area contributed by atoms with E-state index in [1.54, 1.807) is 7.05 Å². The fraction of sp³-hybridized carbons (Fsp3) is 0.632. The van der Waals surface area contributed by atoms with Gasteiger partial charge >= 0.3 is 0 Å². The first kappa shape index (κ1) is 22.4. The summed E-state index contributed by atoms with van der Waals surface area (Å²) in [6.07, 6.45) is 3.54. The summed E-state index contributed by atoms with van der Waals surface area (Å²) < 4.78 is 25.7. The van der Waals surface area contributed by atoms with Crippen LogP contribution in [0.4, 0.5) is 0 Å². The van der Waals surface area contributed by atoms with Gasteiger partial charge in [-0.1, -0.05) is 51.0 Å². The van der Waals surface area contributed by atoms with Crippen molar-refractivity contribution in [2.75, 3.05) is 14.1 Å². The number of nitrogens with one attached hydrogen (secondary N) is 3. The normalized spacial score (nSPS) is 13.7. The van der Waals surface area contributed by atoms with Gasteiger partial charge in [0.15, 0.2) is 5.96 Å². The van der Waals surface area contributed by atoms with Gasteiger partial charge in [0.25, 0.3) is 0 Å². The molecule has 1 rings (SSSR count). The zero-order valence-corrected chi connectivity index (χ0v) is 17.5. The van der Waals surface area contributed by atoms with Crippen molar-refractivity contribution in [1.82, 2.24) is 15.4 Å². The van der Waals surface area contributed by atoms with Gasteiger partial charge in [0.1, 0.15) is 0 Å². The van der Waals surface area contributed by atoms with Crippen LogP contribution in [0.2, 0.25) is 0 Å². The highest BCUT2D eigenvalue weighted by atomic mass is 32.2. The van der Waals surface area contributed by atoms with Crippen LogP contribution in [0.5, 0.6) is 0 Å². The number of hydrogen-bond acceptors (Lipinski definition) is 3. The molecule has 0 heterocycles. The van der Waals surface area contributed by atoms with E-state index in [0.29, 0.717) is 12.6 Å². The van der Waals surface area contributed by atoms with Crippen LogP contribution < -0.4 is 15.4 Å². The highest BCUT2D eigenvalue weighted by Gasteiger charge is 2.09. The standard InChI is InChI=1S/C19H34N4O2S/c1-15(2)8-6-9-16(3)23-19(20-4)22-13-17-10-7-11-18(12-17)14-26(24,25)21-5/h7,10-12,15-16,21H,6,8-9,13-14H2,1-5H3,(H2,20,22,23). The summed E-state index contributed by atoms with van der Waals surface area (Å²) in [6, 6.07) is 7.93. The number of rotatable bonds is 10. The van der Waals surface area contributed by atoms with Gasteiger partial charge in [-0.3, -0.25) is 4.99 Å². The van der Waals surface area contributed by atoms with E-state index in [-0.39, 0.29) is 5.75 Å². The minimum atomic E-state index is -3.26. The Morgan fingerprint density at radius 3 is 2.46 bits per heavy atom. The molecule has 148 valence electrons. The van der Waals surface area contributed by atoms with E-state index in [2.05, 4.69) is 41.1 Å². The summed E-state index contributed by atoms with van der Waals surface area (Å²) in [4.78, 5) is 4.27. The molecule has 0 amide bonds. The predicted molar refractivity (Wildman–Crippen MR) is 110 cm³/mol. The fourth-order valence-electron chi connectivity index (χ4n) is 2.64. The zero-order valence-electron chi connectivity index (χ0n) is 16.7. The molecule has 1 atom stereocenters. The quantitative estimate of drug-likeness (QED) is 0.429. The summed E-state index contributed by atoms with van der Waals surface area (Å²) >= 11 is 0. The maximum Gasteiger partial charge on any atom is 0.215 e. The molecule has 7 heteroatoms. The number of nitrogens with zero attached hydrogens (tertiary/aromatic N) is 1. The third kappa shape index (κ3) is 9.20. The lowest BCUT2D eigenvalue weighted by atomic mass is 10.0. The largest absolute Gasteiger partial charge is 0.354 e. The van der Waals surface area contributed by atoms with Gasteiger partial charge in [-0.25, -0.2) is 13.1 Å². The number of guanidine groups is 1. The Labute approximate surface area is 158 Å². The van der Waals surface area contributed by atoms with Crippen molar-refractivity contribution in [2.24, 2.45) is 10.9 Å². The van der Waals surface area contributed by atoms with E-state index >= 15 is 0 Å². The van der Waals surface area contributed by atoms with Crippen molar-refractivity contribution in [1.29, 1.82) is 0 Å². The first-order chi connectivity index (χ1) is 12.3. The van der Waals surface area contributed by atoms with Crippen LogP contribution in [-0.4, -0.2) is 34.5 Å². The molecule has 0 radical (unpaired) electrons. The molecular weight excluding hydrogens is 348 g/mol. The molecule has 1 aromatic rings. The van der Waals surface area contributed by atoms with Crippen LogP contribution in [0, 0.1) is 5.92 Å². The number of aliphatic imine (C=N–C) groups is 1. The van der Waals surface area contributed by atoms with E-state index in [1.807, 2.05) is 24.3 Å². The van der Waals surface area contributed by atoms with E-state index in [4.69, 9.17) is 0 Å². The molecule has 0 aliphatic rings. The van der Waals surface area contributed by atoms with E-state index < -0.39 is 10.0 Å². The Balaban J connectivity index is 2.53. The Morgan fingerprint density at radius 2 is 1.85 bits per heavy atom. The maximum absolute atomic E-state index is 11.7. The van der Waals surface area contributed by atoms with Crippen LogP contribution in [0.3, 0.4) is 0 Å². The second kappa shape index (κ2) is 11.2. The molecule has 6 nitrogen and oxygen atoms in total. The molecule has 0 aliphatic heterocycles. The monoisotopic (exact) mass is 382 g/mol. The first-order valence-electron chi connectivity index (χ1n) is 9.22. The van der Waals surface area contributed by atoms with Crippen molar-refractivity contribution >= 4 is 16.0 Å². The molecule has 0 saturated carbocycles. The third-order valence-corrected chi connectivity index (χ3v) is 5.48. The smallest absolute Gasteiger partial charge is 0.215 e. The van der Waals surface area contributed by atoms with Gasteiger partial charge in [-0.15, -0.1) is 0 Å². The highest BCUT2D eigenvalue weighted by molar-refractivity contribution is 7.88. The lowest BCUT2D eigenvalue weighted by Gasteiger charge is -2.18. The molecule has 0 spiro atoms. The summed E-state index contributed by atoms with van der Waals surface area (Å²) in [6.45, 7) is 7.24. The van der Waals surface area contributed by atoms with Crippen molar-refractivity contribution in [3.63, 3.8) is 0 Å². The molecule has 1 unspecified atom stereocenters. The SMILES string of the molecule is CN=C(NCc1cccc(CS(=O)(=O)NC)c1)NC(C)CCCC(C)C. The Bertz CT molecular complexity index is 672. The van der Waals surface area contributed by atoms with Gasteiger partial charge in [-0.05, 0) is 37.4 Å². The summed E-state index contributed by atoms with van der Waals surface area (Å²) in [5.74, 6) is 1.48.